The first-order chi connectivity index (χ1) is 15.0. The number of halogens is 2. The van der Waals surface area contributed by atoms with Crippen molar-refractivity contribution >= 4 is 49.8 Å². The first kappa shape index (κ1) is 21.9. The molecule has 0 radical (unpaired) electrons. The van der Waals surface area contributed by atoms with E-state index in [9.17, 15) is 4.79 Å². The third-order valence-corrected chi connectivity index (χ3v) is 6.53. The molecule has 1 aliphatic rings. The van der Waals surface area contributed by atoms with Crippen molar-refractivity contribution in [2.24, 2.45) is 0 Å². The Bertz CT molecular complexity index is 1080. The highest BCUT2D eigenvalue weighted by atomic mass is 79.9. The van der Waals surface area contributed by atoms with Crippen LogP contribution in [0.4, 0.5) is 0 Å². The number of hydrogen-bond acceptors (Lipinski definition) is 2. The van der Waals surface area contributed by atoms with Gasteiger partial charge in [-0.05, 0) is 60.0 Å². The molecule has 2 nitrogen and oxygen atoms in total. The molecule has 4 rings (SSSR count). The van der Waals surface area contributed by atoms with Crippen LogP contribution in [0.5, 0.6) is 0 Å². The molecule has 0 amide bonds. The monoisotopic (exact) mass is 535 g/mol. The zero-order valence-electron chi connectivity index (χ0n) is 17.3. The van der Waals surface area contributed by atoms with E-state index in [1.165, 1.54) is 5.56 Å². The quantitative estimate of drug-likeness (QED) is 0.325. The molecule has 1 unspecified atom stereocenters. The molecule has 1 heterocycles. The molecule has 0 saturated carbocycles. The topological polar surface area (TPSA) is 20.3 Å². The summed E-state index contributed by atoms with van der Waals surface area (Å²) in [5.74, 6) is 0.122. The van der Waals surface area contributed by atoms with Crippen LogP contribution in [-0.4, -0.2) is 23.8 Å². The number of carbonyl (C=O) groups excluding carboxylic acids is 1. The lowest BCUT2D eigenvalue weighted by Crippen LogP contribution is -2.39. The van der Waals surface area contributed by atoms with Crippen molar-refractivity contribution in [1.82, 2.24) is 4.90 Å². The van der Waals surface area contributed by atoms with Gasteiger partial charge in [0.05, 0.1) is 0 Å². The zero-order chi connectivity index (χ0) is 21.8. The molecule has 1 aliphatic heterocycles. The summed E-state index contributed by atoms with van der Waals surface area (Å²) >= 11 is 7.06. The van der Waals surface area contributed by atoms with Crippen LogP contribution in [-0.2, 0) is 4.79 Å². The smallest absolute Gasteiger partial charge is 0.187 e. The molecule has 1 fully saturated rings. The molecule has 3 aromatic rings. The Hall–Kier alpha value is -2.27. The summed E-state index contributed by atoms with van der Waals surface area (Å²) in [5.41, 5.74) is 4.92. The number of hydrogen-bond donors (Lipinski definition) is 0. The van der Waals surface area contributed by atoms with Gasteiger partial charge in [-0.15, -0.1) is 0 Å². The van der Waals surface area contributed by atoms with Crippen LogP contribution >= 0.6 is 31.9 Å². The van der Waals surface area contributed by atoms with E-state index in [0.717, 1.165) is 31.2 Å². The molecule has 3 aromatic carbocycles. The second-order valence-corrected chi connectivity index (χ2v) is 9.60. The third-order valence-electron chi connectivity index (χ3n) is 5.54. The first-order valence-electron chi connectivity index (χ1n) is 10.3. The van der Waals surface area contributed by atoms with Crippen molar-refractivity contribution in [2.75, 3.05) is 13.1 Å². The number of Topliss-reactive ketones (excluding diaryl/α,β-unsaturated/α-hetero) is 1. The summed E-state index contributed by atoms with van der Waals surface area (Å²) in [4.78, 5) is 15.8. The number of ketones is 1. The van der Waals surface area contributed by atoms with Crippen molar-refractivity contribution in [3.63, 3.8) is 0 Å². The van der Waals surface area contributed by atoms with Crippen molar-refractivity contribution in [3.8, 4) is 0 Å². The van der Waals surface area contributed by atoms with Crippen LogP contribution in [0.1, 0.15) is 29.7 Å². The average Bonchev–Trinajstić information content (AvgIpc) is 2.76. The van der Waals surface area contributed by atoms with E-state index >= 15 is 0 Å². The molecular weight excluding hydrogens is 514 g/mol. The van der Waals surface area contributed by atoms with E-state index in [1.807, 2.05) is 66.7 Å². The van der Waals surface area contributed by atoms with Gasteiger partial charge in [-0.2, -0.15) is 0 Å². The van der Waals surface area contributed by atoms with Gasteiger partial charge in [0, 0.05) is 39.2 Å². The Morgan fingerprint density at radius 2 is 1.29 bits per heavy atom. The molecule has 156 valence electrons. The van der Waals surface area contributed by atoms with E-state index in [-0.39, 0.29) is 11.8 Å². The fraction of sp³-hybridized carbons (Fsp3) is 0.148. The van der Waals surface area contributed by atoms with Gasteiger partial charge in [0.25, 0.3) is 0 Å². The van der Waals surface area contributed by atoms with Gasteiger partial charge in [0.2, 0.25) is 0 Å². The zero-order valence-corrected chi connectivity index (χ0v) is 20.4. The lowest BCUT2D eigenvalue weighted by atomic mass is 9.92. The minimum atomic E-state index is 0.122. The van der Waals surface area contributed by atoms with Crippen LogP contribution in [0.2, 0.25) is 0 Å². The van der Waals surface area contributed by atoms with Gasteiger partial charge in [0.1, 0.15) is 0 Å². The predicted octanol–water partition coefficient (Wildman–Crippen LogP) is 7.32. The number of nitrogens with zero attached hydrogens (tertiary/aromatic N) is 1. The molecule has 0 aromatic heterocycles. The lowest BCUT2D eigenvalue weighted by molar-refractivity contribution is -0.113. The Kier molecular flexibility index (Phi) is 7.01. The molecular formula is C27H23Br2NO. The second-order valence-electron chi connectivity index (χ2n) is 7.77. The van der Waals surface area contributed by atoms with Gasteiger partial charge in [-0.25, -0.2) is 0 Å². The molecule has 0 spiro atoms. The third kappa shape index (κ3) is 5.51. The Morgan fingerprint density at radius 1 is 0.774 bits per heavy atom. The van der Waals surface area contributed by atoms with Gasteiger partial charge >= 0.3 is 0 Å². The van der Waals surface area contributed by atoms with Gasteiger partial charge < -0.3 is 0 Å². The number of rotatable bonds is 4. The van der Waals surface area contributed by atoms with Crippen LogP contribution < -0.4 is 0 Å². The number of piperidine rings is 1. The minimum Gasteiger partial charge on any atom is -0.289 e. The maximum atomic E-state index is 13.4. The molecule has 0 N–H and O–H groups in total. The Balaban J connectivity index is 1.73. The van der Waals surface area contributed by atoms with Crippen LogP contribution in [0, 0.1) is 0 Å². The molecule has 0 aliphatic carbocycles. The molecule has 1 atom stereocenters. The van der Waals surface area contributed by atoms with Crippen molar-refractivity contribution in [3.05, 3.63) is 116 Å². The molecule has 31 heavy (non-hydrogen) atoms. The summed E-state index contributed by atoms with van der Waals surface area (Å²) in [5, 5.41) is 0. The number of benzene rings is 3. The lowest BCUT2D eigenvalue weighted by Gasteiger charge is -2.35. The summed E-state index contributed by atoms with van der Waals surface area (Å²) in [6.07, 6.45) is 4.04. The normalized spacial score (nSPS) is 18.5. The van der Waals surface area contributed by atoms with Crippen LogP contribution in [0.15, 0.2) is 99.0 Å². The highest BCUT2D eigenvalue weighted by Gasteiger charge is 2.29. The average molecular weight is 537 g/mol. The summed E-state index contributed by atoms with van der Waals surface area (Å²) in [6.45, 7) is 3.45. The van der Waals surface area contributed by atoms with E-state index < -0.39 is 0 Å². The van der Waals surface area contributed by atoms with Gasteiger partial charge in [-0.3, -0.25) is 9.69 Å². The van der Waals surface area contributed by atoms with E-state index in [4.69, 9.17) is 0 Å². The number of likely N-dealkylation sites (tertiary alicyclic amines) is 1. The van der Waals surface area contributed by atoms with E-state index in [0.29, 0.717) is 13.1 Å². The van der Waals surface area contributed by atoms with Crippen molar-refractivity contribution in [1.29, 1.82) is 0 Å². The second kappa shape index (κ2) is 9.90. The van der Waals surface area contributed by atoms with Crippen molar-refractivity contribution in [2.45, 2.75) is 13.0 Å². The van der Waals surface area contributed by atoms with E-state index in [1.54, 1.807) is 0 Å². The fourth-order valence-electron chi connectivity index (χ4n) is 3.88. The minimum absolute atomic E-state index is 0.122. The highest BCUT2D eigenvalue weighted by molar-refractivity contribution is 9.10. The summed E-state index contributed by atoms with van der Waals surface area (Å²) in [6, 6.07) is 26.8. The van der Waals surface area contributed by atoms with Crippen molar-refractivity contribution < 1.29 is 4.79 Å². The fourth-order valence-corrected chi connectivity index (χ4v) is 4.71. The Morgan fingerprint density at radius 3 is 1.77 bits per heavy atom. The standard InChI is InChI=1S/C27H23Br2NO/c1-19(22-9-3-2-4-10-22)30-17-23(13-20-7-5-11-25(28)15-20)27(31)24(18-30)14-21-8-6-12-26(29)16-21/h2-16,19H,17-18H2,1H3. The van der Waals surface area contributed by atoms with Gasteiger partial charge in [0.15, 0.2) is 5.78 Å². The predicted molar refractivity (Wildman–Crippen MR) is 136 cm³/mol. The Labute approximate surface area is 200 Å². The maximum Gasteiger partial charge on any atom is 0.187 e. The molecule has 0 bridgehead atoms. The number of carbonyl (C=O) groups is 1. The van der Waals surface area contributed by atoms with Crippen LogP contribution in [0.3, 0.4) is 0 Å². The van der Waals surface area contributed by atoms with E-state index in [2.05, 4.69) is 67.9 Å². The summed E-state index contributed by atoms with van der Waals surface area (Å²) < 4.78 is 2.01. The highest BCUT2D eigenvalue weighted by Crippen LogP contribution is 2.29. The maximum absolute atomic E-state index is 13.4. The largest absolute Gasteiger partial charge is 0.289 e. The SMILES string of the molecule is CC(c1ccccc1)N1CC(=Cc2cccc(Br)c2)C(=O)C(=Cc2cccc(Br)c2)C1. The van der Waals surface area contributed by atoms with Crippen LogP contribution in [0.25, 0.3) is 12.2 Å². The molecule has 1 saturated heterocycles. The first-order valence-corrected chi connectivity index (χ1v) is 11.8. The summed E-state index contributed by atoms with van der Waals surface area (Å²) in [7, 11) is 0. The molecule has 4 heteroatoms. The van der Waals surface area contributed by atoms with Gasteiger partial charge in [-0.1, -0.05) is 86.5 Å².